The highest BCUT2D eigenvalue weighted by Gasteiger charge is 2.38. The molecule has 1 aliphatic heterocycles. The zero-order valence-corrected chi connectivity index (χ0v) is 14.3. The second kappa shape index (κ2) is 7.50. The second-order valence-electron chi connectivity index (χ2n) is 5.50. The Hall–Kier alpha value is -2.02. The van der Waals surface area contributed by atoms with Crippen molar-refractivity contribution in [3.8, 4) is 0 Å². The van der Waals surface area contributed by atoms with Crippen LogP contribution in [-0.2, 0) is 9.59 Å². The molecule has 1 heterocycles. The molecule has 1 aromatic carbocycles. The minimum Gasteiger partial charge on any atom is -0.326 e. The molecule has 124 valence electrons. The summed E-state index contributed by atoms with van der Waals surface area (Å²) in [5.74, 6) is 0.0621. The molecule has 2 N–H and O–H groups in total. The Balaban J connectivity index is 1.98. The molecule has 7 heteroatoms. The Bertz CT molecular complexity index is 633. The van der Waals surface area contributed by atoms with E-state index in [4.69, 9.17) is 0 Å². The highest BCUT2D eigenvalue weighted by atomic mass is 32.2. The number of aryl methyl sites for hydroxylation is 1. The molecule has 0 bridgehead atoms. The molecule has 2 rings (SSSR count). The summed E-state index contributed by atoms with van der Waals surface area (Å²) in [7, 11) is 0. The van der Waals surface area contributed by atoms with E-state index in [2.05, 4.69) is 10.6 Å². The molecule has 0 aromatic heterocycles. The molecule has 0 saturated carbocycles. The van der Waals surface area contributed by atoms with Crippen molar-refractivity contribution in [2.45, 2.75) is 26.3 Å². The van der Waals surface area contributed by atoms with Crippen LogP contribution >= 0.6 is 11.8 Å². The Labute approximate surface area is 140 Å². The number of thioether (sulfide) groups is 1. The summed E-state index contributed by atoms with van der Waals surface area (Å²) in [6.07, 6.45) is 2.51. The number of hydrogen-bond donors (Lipinski definition) is 2. The smallest absolute Gasteiger partial charge is 0.325 e. The summed E-state index contributed by atoms with van der Waals surface area (Å²) in [5, 5.41) is 5.38. The number of anilines is 1. The van der Waals surface area contributed by atoms with Gasteiger partial charge >= 0.3 is 6.03 Å². The van der Waals surface area contributed by atoms with Crippen molar-refractivity contribution in [1.29, 1.82) is 0 Å². The zero-order chi connectivity index (χ0) is 17.0. The quantitative estimate of drug-likeness (QED) is 0.779. The van der Waals surface area contributed by atoms with Crippen LogP contribution in [0.4, 0.5) is 10.5 Å². The second-order valence-corrected chi connectivity index (χ2v) is 6.49. The molecule has 0 radical (unpaired) electrons. The van der Waals surface area contributed by atoms with Crippen LogP contribution in [0.3, 0.4) is 0 Å². The molecule has 6 nitrogen and oxygen atoms in total. The predicted octanol–water partition coefficient (Wildman–Crippen LogP) is 1.92. The summed E-state index contributed by atoms with van der Waals surface area (Å²) in [5.41, 5.74) is 2.73. The molecular formula is C16H21N3O3S. The Morgan fingerprint density at radius 3 is 2.78 bits per heavy atom. The summed E-state index contributed by atoms with van der Waals surface area (Å²) in [6.45, 7) is 3.60. The van der Waals surface area contributed by atoms with E-state index in [1.54, 1.807) is 17.8 Å². The maximum absolute atomic E-state index is 12.2. The molecule has 0 aliphatic carbocycles. The first-order chi connectivity index (χ1) is 10.9. The van der Waals surface area contributed by atoms with Gasteiger partial charge < -0.3 is 10.6 Å². The van der Waals surface area contributed by atoms with Crippen molar-refractivity contribution in [3.05, 3.63) is 29.3 Å². The van der Waals surface area contributed by atoms with Gasteiger partial charge in [0.15, 0.2) is 0 Å². The van der Waals surface area contributed by atoms with Crippen LogP contribution in [0, 0.1) is 13.8 Å². The molecular weight excluding hydrogens is 314 g/mol. The lowest BCUT2D eigenvalue weighted by Gasteiger charge is -2.14. The predicted molar refractivity (Wildman–Crippen MR) is 91.6 cm³/mol. The average Bonchev–Trinajstić information content (AvgIpc) is 2.77. The van der Waals surface area contributed by atoms with Crippen LogP contribution in [0.25, 0.3) is 0 Å². The molecule has 1 fully saturated rings. The van der Waals surface area contributed by atoms with Gasteiger partial charge in [-0.15, -0.1) is 0 Å². The van der Waals surface area contributed by atoms with Crippen LogP contribution in [0.2, 0.25) is 0 Å². The summed E-state index contributed by atoms with van der Waals surface area (Å²) in [4.78, 5) is 37.2. The van der Waals surface area contributed by atoms with E-state index in [0.29, 0.717) is 12.1 Å². The van der Waals surface area contributed by atoms with Gasteiger partial charge in [0.05, 0.1) is 0 Å². The molecule has 23 heavy (non-hydrogen) atoms. The molecule has 4 amide bonds. The van der Waals surface area contributed by atoms with E-state index >= 15 is 0 Å². The van der Waals surface area contributed by atoms with E-state index in [-0.39, 0.29) is 18.4 Å². The van der Waals surface area contributed by atoms with Crippen LogP contribution in [0.1, 0.15) is 17.5 Å². The number of rotatable bonds is 6. The lowest BCUT2D eigenvalue weighted by atomic mass is 10.1. The fourth-order valence-electron chi connectivity index (χ4n) is 2.38. The lowest BCUT2D eigenvalue weighted by molar-refractivity contribution is -0.130. The van der Waals surface area contributed by atoms with Crippen molar-refractivity contribution >= 4 is 35.3 Å². The third kappa shape index (κ3) is 4.04. The van der Waals surface area contributed by atoms with E-state index in [0.717, 1.165) is 21.8 Å². The Kier molecular flexibility index (Phi) is 5.65. The fourth-order valence-corrected chi connectivity index (χ4v) is 2.85. The number of nitrogens with one attached hydrogen (secondary N) is 2. The maximum Gasteiger partial charge on any atom is 0.325 e. The number of benzene rings is 1. The number of hydrogen-bond acceptors (Lipinski definition) is 4. The lowest BCUT2D eigenvalue weighted by Crippen LogP contribution is -2.38. The number of carbonyl (C=O) groups is 3. The molecule has 1 saturated heterocycles. The van der Waals surface area contributed by atoms with Gasteiger partial charge in [0.2, 0.25) is 5.91 Å². The fraction of sp³-hybridized carbons (Fsp3) is 0.438. The number of amides is 4. The van der Waals surface area contributed by atoms with Gasteiger partial charge in [-0.05, 0) is 49.5 Å². The van der Waals surface area contributed by atoms with Crippen LogP contribution in [0.5, 0.6) is 0 Å². The molecule has 1 atom stereocenters. The zero-order valence-electron chi connectivity index (χ0n) is 13.5. The first-order valence-corrected chi connectivity index (χ1v) is 8.80. The van der Waals surface area contributed by atoms with E-state index in [9.17, 15) is 14.4 Å². The third-order valence-electron chi connectivity index (χ3n) is 3.90. The standard InChI is InChI=1S/C16H21N3O3S/c1-10-5-4-6-12(11(10)2)17-14(20)9-19-15(21)13(7-8-23-3)18-16(19)22/h4-6,13H,7-9H2,1-3H3,(H,17,20)(H,18,22)/t13-/m1/s1. The van der Waals surface area contributed by atoms with E-state index < -0.39 is 12.1 Å². The third-order valence-corrected chi connectivity index (χ3v) is 4.54. The SMILES string of the molecule is CSCC[C@H]1NC(=O)N(CC(=O)Nc2cccc(C)c2C)C1=O. The average molecular weight is 335 g/mol. The minimum atomic E-state index is -0.525. The highest BCUT2D eigenvalue weighted by molar-refractivity contribution is 7.98. The van der Waals surface area contributed by atoms with Gasteiger partial charge in [-0.2, -0.15) is 11.8 Å². The van der Waals surface area contributed by atoms with Crippen LogP contribution in [-0.4, -0.2) is 47.3 Å². The molecule has 0 unspecified atom stereocenters. The first kappa shape index (κ1) is 17.3. The summed E-state index contributed by atoms with van der Waals surface area (Å²) in [6, 6.07) is 4.58. The largest absolute Gasteiger partial charge is 0.326 e. The van der Waals surface area contributed by atoms with Crippen molar-refractivity contribution in [3.63, 3.8) is 0 Å². The van der Waals surface area contributed by atoms with E-state index in [1.165, 1.54) is 0 Å². The normalized spacial score (nSPS) is 17.3. The van der Waals surface area contributed by atoms with Crippen molar-refractivity contribution < 1.29 is 14.4 Å². The molecule has 1 aliphatic rings. The van der Waals surface area contributed by atoms with Gasteiger partial charge in [0.1, 0.15) is 12.6 Å². The minimum absolute atomic E-state index is 0.270. The summed E-state index contributed by atoms with van der Waals surface area (Å²) < 4.78 is 0. The first-order valence-electron chi connectivity index (χ1n) is 7.41. The van der Waals surface area contributed by atoms with Gasteiger partial charge in [-0.1, -0.05) is 12.1 Å². The van der Waals surface area contributed by atoms with Crippen LogP contribution in [0.15, 0.2) is 18.2 Å². The Morgan fingerprint density at radius 2 is 2.09 bits per heavy atom. The van der Waals surface area contributed by atoms with Gasteiger partial charge in [-0.3, -0.25) is 14.5 Å². The van der Waals surface area contributed by atoms with Crippen LogP contribution < -0.4 is 10.6 Å². The Morgan fingerprint density at radius 1 is 1.35 bits per heavy atom. The van der Waals surface area contributed by atoms with Gasteiger partial charge in [-0.25, -0.2) is 4.79 Å². The maximum atomic E-state index is 12.2. The van der Waals surface area contributed by atoms with Crippen molar-refractivity contribution in [2.75, 3.05) is 23.9 Å². The number of urea groups is 1. The monoisotopic (exact) mass is 335 g/mol. The number of imide groups is 1. The number of carbonyl (C=O) groups excluding carboxylic acids is 3. The van der Waals surface area contributed by atoms with Gasteiger partial charge in [0.25, 0.3) is 5.91 Å². The van der Waals surface area contributed by atoms with Crippen molar-refractivity contribution in [1.82, 2.24) is 10.2 Å². The van der Waals surface area contributed by atoms with Crippen molar-refractivity contribution in [2.24, 2.45) is 0 Å². The number of nitrogens with zero attached hydrogens (tertiary/aromatic N) is 1. The van der Waals surface area contributed by atoms with E-state index in [1.807, 2.05) is 32.2 Å². The molecule has 0 spiro atoms. The molecule has 1 aromatic rings. The summed E-state index contributed by atoms with van der Waals surface area (Å²) >= 11 is 1.61. The topological polar surface area (TPSA) is 78.5 Å². The van der Waals surface area contributed by atoms with Gasteiger partial charge in [0, 0.05) is 5.69 Å². The highest BCUT2D eigenvalue weighted by Crippen LogP contribution is 2.18.